The van der Waals surface area contributed by atoms with Crippen LogP contribution in [0.3, 0.4) is 0 Å². The van der Waals surface area contributed by atoms with Crippen LogP contribution in [0.1, 0.15) is 38.6 Å². The van der Waals surface area contributed by atoms with Crippen LogP contribution in [-0.2, 0) is 16.1 Å². The topological polar surface area (TPSA) is 101 Å². The van der Waals surface area contributed by atoms with Gasteiger partial charge >= 0.3 is 5.69 Å². The lowest BCUT2D eigenvalue weighted by Gasteiger charge is -2.29. The van der Waals surface area contributed by atoms with Crippen molar-refractivity contribution >= 4 is 17.9 Å². The molecule has 136 valence electrons. The SMILES string of the molecule is CCn1c(/C=C(\C)N2CCNCC2)nn(C2CCC(=O)NC2=O)c1=O. The average Bonchev–Trinajstić information content (AvgIpc) is 2.91. The average molecular weight is 348 g/mol. The Balaban J connectivity index is 1.91. The Kier molecular flexibility index (Phi) is 5.03. The molecule has 2 aliphatic rings. The number of imide groups is 1. The number of hydrogen-bond acceptors (Lipinski definition) is 6. The minimum Gasteiger partial charge on any atom is -0.372 e. The Morgan fingerprint density at radius 2 is 2.00 bits per heavy atom. The van der Waals surface area contributed by atoms with Crippen molar-refractivity contribution in [2.45, 2.75) is 39.3 Å². The molecule has 2 fully saturated rings. The fraction of sp³-hybridized carbons (Fsp3) is 0.625. The van der Waals surface area contributed by atoms with Crippen LogP contribution in [0.25, 0.3) is 6.08 Å². The highest BCUT2D eigenvalue weighted by atomic mass is 16.2. The summed E-state index contributed by atoms with van der Waals surface area (Å²) < 4.78 is 2.76. The summed E-state index contributed by atoms with van der Waals surface area (Å²) in [6, 6.07) is -0.732. The van der Waals surface area contributed by atoms with Crippen molar-refractivity contribution in [1.29, 1.82) is 0 Å². The van der Waals surface area contributed by atoms with E-state index in [9.17, 15) is 14.4 Å². The lowest BCUT2D eigenvalue weighted by atomic mass is 10.1. The van der Waals surface area contributed by atoms with Gasteiger partial charge in [0.05, 0.1) is 0 Å². The molecule has 1 atom stereocenters. The predicted molar refractivity (Wildman–Crippen MR) is 91.7 cm³/mol. The normalized spacial score (nSPS) is 22.2. The Hall–Kier alpha value is -2.42. The van der Waals surface area contributed by atoms with E-state index < -0.39 is 11.9 Å². The first-order valence-corrected chi connectivity index (χ1v) is 8.68. The molecule has 0 radical (unpaired) electrons. The molecule has 3 rings (SSSR count). The number of nitrogens with zero attached hydrogens (tertiary/aromatic N) is 4. The first kappa shape index (κ1) is 17.4. The summed E-state index contributed by atoms with van der Waals surface area (Å²) in [7, 11) is 0. The Labute approximate surface area is 145 Å². The van der Waals surface area contributed by atoms with Crippen LogP contribution in [0.15, 0.2) is 10.5 Å². The molecule has 9 nitrogen and oxygen atoms in total. The number of piperidine rings is 1. The van der Waals surface area contributed by atoms with Crippen molar-refractivity contribution in [2.24, 2.45) is 0 Å². The smallest absolute Gasteiger partial charge is 0.346 e. The zero-order chi connectivity index (χ0) is 18.0. The molecule has 0 bridgehead atoms. The summed E-state index contributed by atoms with van der Waals surface area (Å²) in [5, 5.41) is 9.97. The van der Waals surface area contributed by atoms with Crippen molar-refractivity contribution in [3.8, 4) is 0 Å². The standard InChI is InChI=1S/C16H24N6O3/c1-3-21-13(10-11(2)20-8-6-17-7-9-20)19-22(16(21)25)12-4-5-14(23)18-15(12)24/h10,12,17H,3-9H2,1-2H3,(H,18,23,24)/b11-10+. The maximum Gasteiger partial charge on any atom is 0.346 e. The quantitative estimate of drug-likeness (QED) is 0.699. The van der Waals surface area contributed by atoms with E-state index in [1.807, 2.05) is 19.9 Å². The summed E-state index contributed by atoms with van der Waals surface area (Å²) in [4.78, 5) is 38.3. The molecule has 9 heteroatoms. The van der Waals surface area contributed by atoms with Gasteiger partial charge in [-0.05, 0) is 20.3 Å². The first-order valence-electron chi connectivity index (χ1n) is 8.68. The summed E-state index contributed by atoms with van der Waals surface area (Å²) in [5.74, 6) is -0.236. The Morgan fingerprint density at radius 1 is 1.28 bits per heavy atom. The molecule has 1 aromatic heterocycles. The highest BCUT2D eigenvalue weighted by Crippen LogP contribution is 2.17. The summed E-state index contributed by atoms with van der Waals surface area (Å²) in [6.07, 6.45) is 2.40. The number of allylic oxidation sites excluding steroid dienone is 1. The second-order valence-corrected chi connectivity index (χ2v) is 6.32. The van der Waals surface area contributed by atoms with E-state index in [2.05, 4.69) is 20.6 Å². The fourth-order valence-corrected chi connectivity index (χ4v) is 3.25. The third-order valence-electron chi connectivity index (χ3n) is 4.69. The number of aromatic nitrogens is 3. The predicted octanol–water partition coefficient (Wildman–Crippen LogP) is -0.692. The minimum absolute atomic E-state index is 0.215. The Morgan fingerprint density at radius 3 is 2.64 bits per heavy atom. The second kappa shape index (κ2) is 7.22. The van der Waals surface area contributed by atoms with Crippen LogP contribution in [0.5, 0.6) is 0 Å². The van der Waals surface area contributed by atoms with E-state index >= 15 is 0 Å². The molecule has 25 heavy (non-hydrogen) atoms. The zero-order valence-corrected chi connectivity index (χ0v) is 14.6. The molecule has 2 N–H and O–H groups in total. The van der Waals surface area contributed by atoms with Crippen molar-refractivity contribution in [3.05, 3.63) is 22.0 Å². The summed E-state index contributed by atoms with van der Waals surface area (Å²) in [6.45, 7) is 8.01. The molecule has 2 saturated heterocycles. The van der Waals surface area contributed by atoms with Gasteiger partial charge in [-0.3, -0.25) is 19.5 Å². The zero-order valence-electron chi connectivity index (χ0n) is 14.6. The van der Waals surface area contributed by atoms with E-state index in [1.54, 1.807) is 4.57 Å². The van der Waals surface area contributed by atoms with Gasteiger partial charge in [0.1, 0.15) is 6.04 Å². The van der Waals surface area contributed by atoms with E-state index in [4.69, 9.17) is 0 Å². The maximum atomic E-state index is 12.7. The molecule has 0 saturated carbocycles. The second-order valence-electron chi connectivity index (χ2n) is 6.32. The molecule has 0 aromatic carbocycles. The van der Waals surface area contributed by atoms with Crippen LogP contribution in [0, 0.1) is 0 Å². The van der Waals surface area contributed by atoms with Gasteiger partial charge in [-0.1, -0.05) is 0 Å². The van der Waals surface area contributed by atoms with Gasteiger partial charge in [0.2, 0.25) is 5.91 Å². The van der Waals surface area contributed by atoms with Crippen molar-refractivity contribution in [3.63, 3.8) is 0 Å². The number of carbonyl (C=O) groups excluding carboxylic acids is 2. The monoisotopic (exact) mass is 348 g/mol. The largest absolute Gasteiger partial charge is 0.372 e. The number of rotatable bonds is 4. The fourth-order valence-electron chi connectivity index (χ4n) is 3.25. The van der Waals surface area contributed by atoms with E-state index in [-0.39, 0.29) is 18.0 Å². The van der Waals surface area contributed by atoms with E-state index in [1.165, 1.54) is 4.68 Å². The van der Waals surface area contributed by atoms with Gasteiger partial charge in [-0.2, -0.15) is 0 Å². The molecule has 2 aliphatic heterocycles. The molecule has 1 aromatic rings. The molecular formula is C16H24N6O3. The number of nitrogens with one attached hydrogen (secondary N) is 2. The lowest BCUT2D eigenvalue weighted by Crippen LogP contribution is -2.44. The summed E-state index contributed by atoms with van der Waals surface area (Å²) in [5.41, 5.74) is 0.716. The minimum atomic E-state index is -0.732. The highest BCUT2D eigenvalue weighted by molar-refractivity contribution is 5.99. The van der Waals surface area contributed by atoms with Crippen molar-refractivity contribution < 1.29 is 9.59 Å². The van der Waals surface area contributed by atoms with Gasteiger partial charge in [-0.15, -0.1) is 5.10 Å². The molecule has 2 amide bonds. The lowest BCUT2D eigenvalue weighted by molar-refractivity contribution is -0.136. The van der Waals surface area contributed by atoms with Crippen LogP contribution >= 0.6 is 0 Å². The van der Waals surface area contributed by atoms with Gasteiger partial charge in [0, 0.05) is 50.9 Å². The van der Waals surface area contributed by atoms with Crippen LogP contribution < -0.4 is 16.3 Å². The van der Waals surface area contributed by atoms with Crippen molar-refractivity contribution in [1.82, 2.24) is 29.9 Å². The highest BCUT2D eigenvalue weighted by Gasteiger charge is 2.31. The molecule has 0 spiro atoms. The third kappa shape index (κ3) is 3.51. The van der Waals surface area contributed by atoms with Crippen LogP contribution in [0.2, 0.25) is 0 Å². The number of piperazine rings is 1. The van der Waals surface area contributed by atoms with Gasteiger partial charge < -0.3 is 10.2 Å². The van der Waals surface area contributed by atoms with Gasteiger partial charge in [0.25, 0.3) is 5.91 Å². The third-order valence-corrected chi connectivity index (χ3v) is 4.69. The van der Waals surface area contributed by atoms with Crippen LogP contribution in [-0.4, -0.2) is 57.2 Å². The van der Waals surface area contributed by atoms with Crippen LogP contribution in [0.4, 0.5) is 0 Å². The van der Waals surface area contributed by atoms with E-state index in [0.717, 1.165) is 31.9 Å². The van der Waals surface area contributed by atoms with Gasteiger partial charge in [-0.25, -0.2) is 9.48 Å². The van der Waals surface area contributed by atoms with Crippen molar-refractivity contribution in [2.75, 3.05) is 26.2 Å². The Bertz CT molecular complexity index is 756. The molecule has 3 heterocycles. The molecule has 0 aliphatic carbocycles. The number of hydrogen-bond donors (Lipinski definition) is 2. The number of amides is 2. The maximum absolute atomic E-state index is 12.7. The number of carbonyl (C=O) groups is 2. The summed E-state index contributed by atoms with van der Waals surface area (Å²) >= 11 is 0. The molecule has 1 unspecified atom stereocenters. The van der Waals surface area contributed by atoms with E-state index in [0.29, 0.717) is 18.8 Å². The van der Waals surface area contributed by atoms with Gasteiger partial charge in [0.15, 0.2) is 5.82 Å². The molecular weight excluding hydrogens is 324 g/mol. The first-order chi connectivity index (χ1) is 12.0.